The van der Waals surface area contributed by atoms with Crippen molar-refractivity contribution in [3.05, 3.63) is 0 Å². The van der Waals surface area contributed by atoms with Gasteiger partial charge in [0.15, 0.2) is 6.29 Å². The molecule has 102 valence electrons. The van der Waals surface area contributed by atoms with Crippen molar-refractivity contribution in [3.8, 4) is 0 Å². The molecule has 0 fully saturated rings. The lowest BCUT2D eigenvalue weighted by Gasteiger charge is -2.24. The number of aliphatic hydroxyl groups is 1. The van der Waals surface area contributed by atoms with E-state index in [0.717, 1.165) is 5.01 Å². The zero-order valence-electron chi connectivity index (χ0n) is 10.5. The SMILES string of the molecule is CCOC(CNN(CC(C)O)C(=O)O)OCC. The zero-order valence-corrected chi connectivity index (χ0v) is 10.5. The van der Waals surface area contributed by atoms with E-state index in [1.807, 2.05) is 13.8 Å². The van der Waals surface area contributed by atoms with Crippen molar-refractivity contribution in [3.63, 3.8) is 0 Å². The van der Waals surface area contributed by atoms with Gasteiger partial charge in [-0.3, -0.25) is 0 Å². The second-order valence-corrected chi connectivity index (χ2v) is 3.44. The fourth-order valence-electron chi connectivity index (χ4n) is 1.20. The molecule has 0 radical (unpaired) electrons. The summed E-state index contributed by atoms with van der Waals surface area (Å²) in [5, 5.41) is 18.9. The van der Waals surface area contributed by atoms with Crippen LogP contribution in [-0.4, -0.2) is 60.0 Å². The number of hydrogen-bond acceptors (Lipinski definition) is 5. The standard InChI is InChI=1S/C10H22N2O5/c1-4-16-9(17-5-2)6-11-12(10(14)15)7-8(3)13/h8-9,11,13H,4-7H2,1-3H3,(H,14,15). The minimum atomic E-state index is -1.15. The number of hydrazine groups is 1. The monoisotopic (exact) mass is 250 g/mol. The van der Waals surface area contributed by atoms with Gasteiger partial charge in [0.05, 0.1) is 19.2 Å². The summed E-state index contributed by atoms with van der Waals surface area (Å²) in [6.07, 6.45) is -2.39. The largest absolute Gasteiger partial charge is 0.464 e. The van der Waals surface area contributed by atoms with Gasteiger partial charge in [-0.15, -0.1) is 0 Å². The predicted molar refractivity (Wildman–Crippen MR) is 61.5 cm³/mol. The number of aliphatic hydroxyl groups excluding tert-OH is 1. The summed E-state index contributed by atoms with van der Waals surface area (Å²) in [4.78, 5) is 10.8. The van der Waals surface area contributed by atoms with Crippen LogP contribution in [0.4, 0.5) is 4.79 Å². The molecule has 0 heterocycles. The van der Waals surface area contributed by atoms with Crippen molar-refractivity contribution in [2.75, 3.05) is 26.3 Å². The Labute approximate surface area is 101 Å². The van der Waals surface area contributed by atoms with Gasteiger partial charge in [-0.25, -0.2) is 15.2 Å². The molecule has 1 unspecified atom stereocenters. The number of hydrogen-bond donors (Lipinski definition) is 3. The zero-order chi connectivity index (χ0) is 13.3. The Kier molecular flexibility index (Phi) is 8.69. The number of carbonyl (C=O) groups is 1. The topological polar surface area (TPSA) is 91.3 Å². The van der Waals surface area contributed by atoms with Gasteiger partial charge in [0.25, 0.3) is 0 Å². The maximum absolute atomic E-state index is 10.8. The summed E-state index contributed by atoms with van der Waals surface area (Å²) in [6.45, 7) is 6.33. The molecule has 0 saturated carbocycles. The Hall–Kier alpha value is -0.890. The summed E-state index contributed by atoms with van der Waals surface area (Å²) in [7, 11) is 0. The van der Waals surface area contributed by atoms with Crippen LogP contribution in [0.3, 0.4) is 0 Å². The van der Waals surface area contributed by atoms with Crippen molar-refractivity contribution in [1.29, 1.82) is 0 Å². The molecule has 0 aromatic carbocycles. The molecule has 1 amide bonds. The summed E-state index contributed by atoms with van der Waals surface area (Å²) >= 11 is 0. The number of carboxylic acid groups (broad SMARTS) is 1. The first kappa shape index (κ1) is 16.1. The minimum Gasteiger partial charge on any atom is -0.464 e. The van der Waals surface area contributed by atoms with Crippen LogP contribution < -0.4 is 5.43 Å². The van der Waals surface area contributed by atoms with E-state index in [2.05, 4.69) is 5.43 Å². The van der Waals surface area contributed by atoms with Crippen LogP contribution in [0.2, 0.25) is 0 Å². The van der Waals surface area contributed by atoms with E-state index in [9.17, 15) is 4.79 Å². The highest BCUT2D eigenvalue weighted by atomic mass is 16.7. The number of rotatable bonds is 9. The summed E-state index contributed by atoms with van der Waals surface area (Å²) in [5.74, 6) is 0. The Balaban J connectivity index is 4.11. The molecular weight excluding hydrogens is 228 g/mol. The number of nitrogens with one attached hydrogen (secondary N) is 1. The molecule has 0 aromatic rings. The third-order valence-electron chi connectivity index (χ3n) is 1.83. The second-order valence-electron chi connectivity index (χ2n) is 3.44. The molecule has 7 nitrogen and oxygen atoms in total. The van der Waals surface area contributed by atoms with E-state index in [1.54, 1.807) is 0 Å². The Morgan fingerprint density at radius 1 is 1.35 bits per heavy atom. The molecule has 0 saturated heterocycles. The van der Waals surface area contributed by atoms with Gasteiger partial charge >= 0.3 is 6.09 Å². The van der Waals surface area contributed by atoms with Gasteiger partial charge in [0.2, 0.25) is 0 Å². The first-order valence-electron chi connectivity index (χ1n) is 5.66. The molecule has 0 bridgehead atoms. The lowest BCUT2D eigenvalue weighted by molar-refractivity contribution is -0.138. The summed E-state index contributed by atoms with van der Waals surface area (Å²) < 4.78 is 10.5. The first-order chi connectivity index (χ1) is 8.01. The molecule has 1 atom stereocenters. The number of ether oxygens (including phenoxy) is 2. The van der Waals surface area contributed by atoms with Crippen LogP contribution in [0, 0.1) is 0 Å². The predicted octanol–water partition coefficient (Wildman–Crippen LogP) is 0.251. The van der Waals surface area contributed by atoms with Crippen LogP contribution in [0.5, 0.6) is 0 Å². The van der Waals surface area contributed by atoms with E-state index >= 15 is 0 Å². The maximum Gasteiger partial charge on any atom is 0.421 e. The average Bonchev–Trinajstić information content (AvgIpc) is 2.23. The van der Waals surface area contributed by atoms with Gasteiger partial charge in [0.1, 0.15) is 0 Å². The van der Waals surface area contributed by atoms with E-state index in [0.29, 0.717) is 13.2 Å². The van der Waals surface area contributed by atoms with Crippen LogP contribution in [0.1, 0.15) is 20.8 Å². The lowest BCUT2D eigenvalue weighted by atomic mass is 10.4. The highest BCUT2D eigenvalue weighted by Crippen LogP contribution is 1.95. The fourth-order valence-corrected chi connectivity index (χ4v) is 1.20. The van der Waals surface area contributed by atoms with Crippen LogP contribution in [0.15, 0.2) is 0 Å². The smallest absolute Gasteiger partial charge is 0.421 e. The van der Waals surface area contributed by atoms with Crippen molar-refractivity contribution >= 4 is 6.09 Å². The van der Waals surface area contributed by atoms with Gasteiger partial charge < -0.3 is 19.7 Å². The fraction of sp³-hybridized carbons (Fsp3) is 0.900. The van der Waals surface area contributed by atoms with Gasteiger partial charge in [-0.1, -0.05) is 0 Å². The Morgan fingerprint density at radius 2 is 1.88 bits per heavy atom. The first-order valence-corrected chi connectivity index (χ1v) is 5.66. The molecule has 0 aliphatic rings. The molecule has 0 rings (SSSR count). The van der Waals surface area contributed by atoms with E-state index < -0.39 is 18.5 Å². The number of amides is 1. The van der Waals surface area contributed by atoms with Gasteiger partial charge in [-0.2, -0.15) is 0 Å². The molecule has 0 aromatic heterocycles. The highest BCUT2D eigenvalue weighted by molar-refractivity contribution is 5.64. The highest BCUT2D eigenvalue weighted by Gasteiger charge is 2.16. The van der Waals surface area contributed by atoms with Crippen LogP contribution in [0.25, 0.3) is 0 Å². The second kappa shape index (κ2) is 9.17. The molecular formula is C10H22N2O5. The summed E-state index contributed by atoms with van der Waals surface area (Å²) in [5.41, 5.74) is 2.64. The minimum absolute atomic E-state index is 0.0136. The summed E-state index contributed by atoms with van der Waals surface area (Å²) in [6, 6.07) is 0. The van der Waals surface area contributed by atoms with E-state index in [4.69, 9.17) is 19.7 Å². The van der Waals surface area contributed by atoms with Crippen molar-refractivity contribution in [1.82, 2.24) is 10.4 Å². The normalized spacial score (nSPS) is 12.8. The molecule has 3 N–H and O–H groups in total. The lowest BCUT2D eigenvalue weighted by Crippen LogP contribution is -2.49. The van der Waals surface area contributed by atoms with Crippen molar-refractivity contribution < 1.29 is 24.5 Å². The van der Waals surface area contributed by atoms with E-state index in [-0.39, 0.29) is 13.1 Å². The van der Waals surface area contributed by atoms with Crippen molar-refractivity contribution in [2.24, 2.45) is 0 Å². The number of nitrogens with zero attached hydrogens (tertiary/aromatic N) is 1. The van der Waals surface area contributed by atoms with Crippen LogP contribution in [-0.2, 0) is 9.47 Å². The maximum atomic E-state index is 10.8. The van der Waals surface area contributed by atoms with Crippen LogP contribution >= 0.6 is 0 Å². The molecule has 7 heteroatoms. The molecule has 0 spiro atoms. The third kappa shape index (κ3) is 7.92. The molecule has 17 heavy (non-hydrogen) atoms. The van der Waals surface area contributed by atoms with E-state index in [1.165, 1.54) is 6.92 Å². The van der Waals surface area contributed by atoms with Crippen molar-refractivity contribution in [2.45, 2.75) is 33.2 Å². The quantitative estimate of drug-likeness (QED) is 0.401. The Morgan fingerprint density at radius 3 is 2.24 bits per heavy atom. The van der Waals surface area contributed by atoms with Gasteiger partial charge in [-0.05, 0) is 20.8 Å². The van der Waals surface area contributed by atoms with Gasteiger partial charge in [0, 0.05) is 13.2 Å². The third-order valence-corrected chi connectivity index (χ3v) is 1.83. The molecule has 0 aliphatic carbocycles. The average molecular weight is 250 g/mol. The molecule has 0 aliphatic heterocycles. The Bertz CT molecular complexity index is 207.